The quantitative estimate of drug-likeness (QED) is 0.629. The van der Waals surface area contributed by atoms with Crippen LogP contribution in [0.15, 0.2) is 83.8 Å². The summed E-state index contributed by atoms with van der Waals surface area (Å²) in [6, 6.07) is 21.6. The van der Waals surface area contributed by atoms with Crippen molar-refractivity contribution in [3.8, 4) is 0 Å². The van der Waals surface area contributed by atoms with Crippen molar-refractivity contribution >= 4 is 38.9 Å². The van der Waals surface area contributed by atoms with Crippen LogP contribution in [0.25, 0.3) is 0 Å². The Hall–Kier alpha value is -2.83. The maximum absolute atomic E-state index is 13.0. The number of amides is 1. The number of hydrogen-bond acceptors (Lipinski definition) is 3. The predicted octanol–water partition coefficient (Wildman–Crippen LogP) is 4.81. The van der Waals surface area contributed by atoms with Crippen molar-refractivity contribution in [3.05, 3.63) is 89.4 Å². The van der Waals surface area contributed by atoms with Crippen LogP contribution in [0.4, 0.5) is 11.4 Å². The van der Waals surface area contributed by atoms with E-state index in [1.807, 2.05) is 6.07 Å². The smallest absolute Gasteiger partial charge is 0.264 e. The number of nitrogens with one attached hydrogen (secondary N) is 1. The highest BCUT2D eigenvalue weighted by molar-refractivity contribution is 7.92. The maximum atomic E-state index is 13.0. The summed E-state index contributed by atoms with van der Waals surface area (Å²) in [5.74, 6) is -0.322. The van der Waals surface area contributed by atoms with Crippen LogP contribution in [-0.2, 0) is 10.0 Å². The lowest BCUT2D eigenvalue weighted by atomic mass is 10.2. The highest BCUT2D eigenvalue weighted by atomic mass is 35.5. The zero-order valence-corrected chi connectivity index (χ0v) is 16.7. The lowest BCUT2D eigenvalue weighted by Gasteiger charge is -2.23. The van der Waals surface area contributed by atoms with Crippen molar-refractivity contribution in [1.29, 1.82) is 0 Å². The first kappa shape index (κ1) is 19.9. The minimum absolute atomic E-state index is 0.152. The molecule has 0 radical (unpaired) electrons. The summed E-state index contributed by atoms with van der Waals surface area (Å²) < 4.78 is 27.3. The number of benzene rings is 3. The van der Waals surface area contributed by atoms with E-state index in [1.165, 1.54) is 16.4 Å². The molecule has 0 aliphatic rings. The number of nitrogens with zero attached hydrogens (tertiary/aromatic N) is 1. The van der Waals surface area contributed by atoms with Gasteiger partial charge in [0.15, 0.2) is 0 Å². The van der Waals surface area contributed by atoms with Gasteiger partial charge in [-0.3, -0.25) is 9.10 Å². The number of sulfonamides is 1. The average molecular weight is 415 g/mol. The summed E-state index contributed by atoms with van der Waals surface area (Å²) in [7, 11) is -3.70. The Morgan fingerprint density at radius 2 is 1.64 bits per heavy atom. The summed E-state index contributed by atoms with van der Waals surface area (Å²) in [5, 5.41) is 3.20. The van der Waals surface area contributed by atoms with Crippen LogP contribution in [-0.4, -0.2) is 20.9 Å². The average Bonchev–Trinajstić information content (AvgIpc) is 2.69. The topological polar surface area (TPSA) is 66.5 Å². The van der Waals surface area contributed by atoms with E-state index in [1.54, 1.807) is 67.6 Å². The molecule has 0 unspecified atom stereocenters. The van der Waals surface area contributed by atoms with E-state index in [0.29, 0.717) is 28.5 Å². The lowest BCUT2D eigenvalue weighted by Crippen LogP contribution is -2.30. The fourth-order valence-corrected chi connectivity index (χ4v) is 4.42. The van der Waals surface area contributed by atoms with Crippen LogP contribution in [0.2, 0.25) is 5.02 Å². The van der Waals surface area contributed by atoms with Crippen LogP contribution in [0.5, 0.6) is 0 Å². The standard InChI is InChI=1S/C21H19ClN2O3S/c1-2-24(19-9-4-3-5-10-19)28(26,27)20-13-11-18(12-14-20)23-21(25)16-7-6-8-17(22)15-16/h3-15H,2H2,1H3,(H,23,25). The van der Waals surface area contributed by atoms with Gasteiger partial charge in [0.2, 0.25) is 0 Å². The van der Waals surface area contributed by atoms with Crippen molar-refractivity contribution in [1.82, 2.24) is 0 Å². The number of hydrogen-bond donors (Lipinski definition) is 1. The molecule has 0 saturated heterocycles. The van der Waals surface area contributed by atoms with Gasteiger partial charge in [-0.05, 0) is 61.5 Å². The third-order valence-corrected chi connectivity index (χ3v) is 6.27. The Balaban J connectivity index is 1.80. The summed E-state index contributed by atoms with van der Waals surface area (Å²) in [5.41, 5.74) is 1.51. The van der Waals surface area contributed by atoms with Crippen molar-refractivity contribution in [2.45, 2.75) is 11.8 Å². The van der Waals surface area contributed by atoms with Crippen LogP contribution in [0, 0.1) is 0 Å². The second-order valence-electron chi connectivity index (χ2n) is 5.99. The van der Waals surface area contributed by atoms with Gasteiger partial charge in [0.05, 0.1) is 10.6 Å². The predicted molar refractivity (Wildman–Crippen MR) is 112 cm³/mol. The molecule has 0 aliphatic carbocycles. The van der Waals surface area contributed by atoms with E-state index in [0.717, 1.165) is 0 Å². The molecule has 0 spiro atoms. The molecule has 3 aromatic carbocycles. The number of carbonyl (C=O) groups is 1. The molecular weight excluding hydrogens is 396 g/mol. The van der Waals surface area contributed by atoms with Crippen molar-refractivity contribution in [3.63, 3.8) is 0 Å². The number of para-hydroxylation sites is 1. The number of anilines is 2. The van der Waals surface area contributed by atoms with Gasteiger partial charge in [0.25, 0.3) is 15.9 Å². The minimum atomic E-state index is -3.70. The van der Waals surface area contributed by atoms with Gasteiger partial charge in [-0.25, -0.2) is 8.42 Å². The van der Waals surface area contributed by atoms with Crippen molar-refractivity contribution < 1.29 is 13.2 Å². The normalized spacial score (nSPS) is 11.1. The van der Waals surface area contributed by atoms with Gasteiger partial charge < -0.3 is 5.32 Å². The zero-order chi connectivity index (χ0) is 20.1. The fraction of sp³-hybridized carbons (Fsp3) is 0.0952. The molecule has 0 aliphatic heterocycles. The summed E-state index contributed by atoms with van der Waals surface area (Å²) in [6.07, 6.45) is 0. The first-order chi connectivity index (χ1) is 13.4. The molecule has 7 heteroatoms. The molecular formula is C21H19ClN2O3S. The molecule has 144 valence electrons. The molecule has 0 heterocycles. The first-order valence-corrected chi connectivity index (χ1v) is 10.5. The van der Waals surface area contributed by atoms with Gasteiger partial charge in [-0.1, -0.05) is 35.9 Å². The summed E-state index contributed by atoms with van der Waals surface area (Å²) in [6.45, 7) is 2.09. The Morgan fingerprint density at radius 3 is 2.25 bits per heavy atom. The monoisotopic (exact) mass is 414 g/mol. The van der Waals surface area contributed by atoms with E-state index in [9.17, 15) is 13.2 Å². The Bertz CT molecular complexity index is 1070. The molecule has 0 bridgehead atoms. The first-order valence-electron chi connectivity index (χ1n) is 8.66. The molecule has 28 heavy (non-hydrogen) atoms. The van der Waals surface area contributed by atoms with Gasteiger partial charge in [0, 0.05) is 22.8 Å². The molecule has 3 aromatic rings. The maximum Gasteiger partial charge on any atom is 0.264 e. The van der Waals surface area contributed by atoms with Gasteiger partial charge in [-0.2, -0.15) is 0 Å². The van der Waals surface area contributed by atoms with E-state index in [2.05, 4.69) is 5.32 Å². The third-order valence-electron chi connectivity index (χ3n) is 4.12. The van der Waals surface area contributed by atoms with Gasteiger partial charge in [0.1, 0.15) is 0 Å². The van der Waals surface area contributed by atoms with Crippen LogP contribution >= 0.6 is 11.6 Å². The number of halogens is 1. The van der Waals surface area contributed by atoms with Crippen molar-refractivity contribution in [2.24, 2.45) is 0 Å². The molecule has 5 nitrogen and oxygen atoms in total. The molecule has 1 amide bonds. The fourth-order valence-electron chi connectivity index (χ4n) is 2.76. The van der Waals surface area contributed by atoms with Gasteiger partial charge >= 0.3 is 0 Å². The van der Waals surface area contributed by atoms with E-state index in [-0.39, 0.29) is 10.8 Å². The second-order valence-corrected chi connectivity index (χ2v) is 8.29. The summed E-state index contributed by atoms with van der Waals surface area (Å²) >= 11 is 5.91. The van der Waals surface area contributed by atoms with E-state index < -0.39 is 10.0 Å². The molecule has 0 atom stereocenters. The van der Waals surface area contributed by atoms with Gasteiger partial charge in [-0.15, -0.1) is 0 Å². The van der Waals surface area contributed by atoms with Crippen LogP contribution < -0.4 is 9.62 Å². The lowest BCUT2D eigenvalue weighted by molar-refractivity contribution is 0.102. The van der Waals surface area contributed by atoms with E-state index in [4.69, 9.17) is 11.6 Å². The van der Waals surface area contributed by atoms with Crippen LogP contribution in [0.1, 0.15) is 17.3 Å². The highest BCUT2D eigenvalue weighted by Crippen LogP contribution is 2.24. The number of rotatable bonds is 6. The van der Waals surface area contributed by atoms with Crippen molar-refractivity contribution in [2.75, 3.05) is 16.2 Å². The molecule has 1 N–H and O–H groups in total. The Morgan fingerprint density at radius 1 is 0.964 bits per heavy atom. The Kier molecular flexibility index (Phi) is 6.02. The highest BCUT2D eigenvalue weighted by Gasteiger charge is 2.23. The SMILES string of the molecule is CCN(c1ccccc1)S(=O)(=O)c1ccc(NC(=O)c2cccc(Cl)c2)cc1. The second kappa shape index (κ2) is 8.46. The van der Waals surface area contributed by atoms with E-state index >= 15 is 0 Å². The third kappa shape index (κ3) is 4.35. The zero-order valence-electron chi connectivity index (χ0n) is 15.2. The molecule has 0 saturated carbocycles. The molecule has 0 fully saturated rings. The molecule has 0 aromatic heterocycles. The minimum Gasteiger partial charge on any atom is -0.322 e. The molecule has 3 rings (SSSR count). The Labute approximate surface area is 169 Å². The number of carbonyl (C=O) groups excluding carboxylic acids is 1. The summed E-state index contributed by atoms with van der Waals surface area (Å²) in [4.78, 5) is 12.4. The largest absolute Gasteiger partial charge is 0.322 e. The van der Waals surface area contributed by atoms with Crippen LogP contribution in [0.3, 0.4) is 0 Å².